The van der Waals surface area contributed by atoms with Gasteiger partial charge in [0.25, 0.3) is 5.91 Å². The number of benzene rings is 1. The lowest BCUT2D eigenvalue weighted by molar-refractivity contribution is -0.146. The molecule has 0 saturated heterocycles. The second-order valence-corrected chi connectivity index (χ2v) is 6.14. The van der Waals surface area contributed by atoms with Crippen molar-refractivity contribution in [3.63, 3.8) is 0 Å². The first kappa shape index (κ1) is 25.5. The highest BCUT2D eigenvalue weighted by Crippen LogP contribution is 2.38. The lowest BCUT2D eigenvalue weighted by atomic mass is 10.1. The number of methoxy groups -OCH3 is 4. The number of hydrogen-bond acceptors (Lipinski definition) is 9. The van der Waals surface area contributed by atoms with E-state index in [9.17, 15) is 24.3 Å². The minimum atomic E-state index is -1.37. The number of rotatable bonds is 12. The monoisotopic (exact) mass is 442 g/mol. The number of carboxylic acids is 1. The molecule has 0 spiro atoms. The first-order valence-electron chi connectivity index (χ1n) is 9.04. The molecule has 1 aromatic rings. The summed E-state index contributed by atoms with van der Waals surface area (Å²) in [5.74, 6) is -3.04. The van der Waals surface area contributed by atoms with Gasteiger partial charge >= 0.3 is 11.9 Å². The number of ether oxygens (including phenoxy) is 4. The van der Waals surface area contributed by atoms with Crippen LogP contribution < -0.4 is 24.8 Å². The Morgan fingerprint density at radius 1 is 0.935 bits per heavy atom. The highest BCUT2D eigenvalue weighted by atomic mass is 16.5. The number of hydrogen-bond donors (Lipinski definition) is 4. The fraction of sp³-hybridized carbons (Fsp3) is 0.474. The zero-order chi connectivity index (χ0) is 23.6. The van der Waals surface area contributed by atoms with Crippen LogP contribution in [0.5, 0.6) is 17.2 Å². The maximum atomic E-state index is 12.8. The van der Waals surface area contributed by atoms with Gasteiger partial charge in [0.15, 0.2) is 17.5 Å². The van der Waals surface area contributed by atoms with Crippen molar-refractivity contribution < 1.29 is 48.3 Å². The molecule has 0 bridgehead atoms. The minimum Gasteiger partial charge on any atom is -0.493 e. The molecular weight excluding hydrogens is 416 g/mol. The molecule has 4 N–H and O–H groups in total. The van der Waals surface area contributed by atoms with Crippen molar-refractivity contribution in [3.05, 3.63) is 17.7 Å². The summed E-state index contributed by atoms with van der Waals surface area (Å²) in [5, 5.41) is 22.8. The Bertz CT molecular complexity index is 786. The van der Waals surface area contributed by atoms with E-state index >= 15 is 0 Å². The van der Waals surface area contributed by atoms with Crippen LogP contribution in [0.4, 0.5) is 0 Å². The lowest BCUT2D eigenvalue weighted by Gasteiger charge is -2.21. The van der Waals surface area contributed by atoms with E-state index in [0.29, 0.717) is 0 Å². The summed E-state index contributed by atoms with van der Waals surface area (Å²) in [6, 6.07) is 0.0195. The molecule has 0 radical (unpaired) electrons. The summed E-state index contributed by atoms with van der Waals surface area (Å²) in [6.45, 7) is -0.745. The highest BCUT2D eigenvalue weighted by Gasteiger charge is 2.28. The van der Waals surface area contributed by atoms with Crippen LogP contribution in [0.25, 0.3) is 0 Å². The molecule has 12 heteroatoms. The predicted molar refractivity (Wildman–Crippen MR) is 105 cm³/mol. The molecule has 2 amide bonds. The fourth-order valence-corrected chi connectivity index (χ4v) is 2.58. The summed E-state index contributed by atoms with van der Waals surface area (Å²) in [4.78, 5) is 47.8. The maximum Gasteiger partial charge on any atom is 0.330 e. The van der Waals surface area contributed by atoms with Gasteiger partial charge in [-0.25, -0.2) is 4.79 Å². The van der Waals surface area contributed by atoms with Gasteiger partial charge in [0.1, 0.15) is 6.04 Å². The molecule has 0 aromatic heterocycles. The first-order valence-corrected chi connectivity index (χ1v) is 9.04. The van der Waals surface area contributed by atoms with Gasteiger partial charge in [0, 0.05) is 12.0 Å². The van der Waals surface area contributed by atoms with Crippen LogP contribution in [0.1, 0.15) is 23.2 Å². The van der Waals surface area contributed by atoms with Gasteiger partial charge in [-0.15, -0.1) is 0 Å². The number of carboxylic acid groups (broad SMARTS) is 1. The molecule has 0 aliphatic carbocycles. The molecule has 172 valence electrons. The van der Waals surface area contributed by atoms with Crippen LogP contribution in [-0.4, -0.2) is 81.1 Å². The fourth-order valence-electron chi connectivity index (χ4n) is 2.58. The summed E-state index contributed by atoms with van der Waals surface area (Å²) in [5.41, 5.74) is 0.0503. The summed E-state index contributed by atoms with van der Waals surface area (Å²) < 4.78 is 20.0. The van der Waals surface area contributed by atoms with Crippen molar-refractivity contribution >= 4 is 23.8 Å². The van der Waals surface area contributed by atoms with E-state index in [1.54, 1.807) is 0 Å². The van der Waals surface area contributed by atoms with E-state index in [0.717, 1.165) is 7.11 Å². The smallest absolute Gasteiger partial charge is 0.330 e. The number of nitrogens with one attached hydrogen (secondary N) is 2. The van der Waals surface area contributed by atoms with Gasteiger partial charge < -0.3 is 39.8 Å². The Hall–Kier alpha value is -3.54. The second kappa shape index (κ2) is 12.2. The van der Waals surface area contributed by atoms with Crippen LogP contribution in [0.2, 0.25) is 0 Å². The van der Waals surface area contributed by atoms with Gasteiger partial charge in [-0.1, -0.05) is 0 Å². The van der Waals surface area contributed by atoms with Crippen molar-refractivity contribution in [3.8, 4) is 17.2 Å². The van der Waals surface area contributed by atoms with Gasteiger partial charge in [-0.3, -0.25) is 14.4 Å². The molecule has 31 heavy (non-hydrogen) atoms. The Balaban J connectivity index is 3.13. The van der Waals surface area contributed by atoms with Crippen LogP contribution in [0, 0.1) is 0 Å². The van der Waals surface area contributed by atoms with Gasteiger partial charge in [0.05, 0.1) is 35.0 Å². The third kappa shape index (κ3) is 7.03. The van der Waals surface area contributed by atoms with E-state index in [1.807, 2.05) is 0 Å². The number of aliphatic hydroxyl groups excluding tert-OH is 1. The van der Waals surface area contributed by atoms with Crippen LogP contribution in [0.3, 0.4) is 0 Å². The second-order valence-electron chi connectivity index (χ2n) is 6.14. The molecule has 1 rings (SSSR count). The first-order chi connectivity index (χ1) is 14.7. The number of amides is 2. The van der Waals surface area contributed by atoms with Crippen molar-refractivity contribution in [1.82, 2.24) is 10.6 Å². The zero-order valence-corrected chi connectivity index (χ0v) is 17.6. The van der Waals surface area contributed by atoms with Crippen molar-refractivity contribution in [2.45, 2.75) is 24.9 Å². The van der Waals surface area contributed by atoms with Crippen molar-refractivity contribution in [2.75, 3.05) is 35.0 Å². The van der Waals surface area contributed by atoms with E-state index in [4.69, 9.17) is 19.3 Å². The van der Waals surface area contributed by atoms with E-state index in [2.05, 4.69) is 15.4 Å². The maximum absolute atomic E-state index is 12.8. The summed E-state index contributed by atoms with van der Waals surface area (Å²) in [7, 11) is 5.20. The summed E-state index contributed by atoms with van der Waals surface area (Å²) in [6.07, 6.45) is -0.702. The van der Waals surface area contributed by atoms with E-state index in [1.165, 1.54) is 33.5 Å². The molecule has 1 aromatic carbocycles. The Kier molecular flexibility index (Phi) is 10.1. The van der Waals surface area contributed by atoms with E-state index in [-0.39, 0.29) is 29.2 Å². The van der Waals surface area contributed by atoms with Gasteiger partial charge in [-0.05, 0) is 18.6 Å². The van der Waals surface area contributed by atoms with Gasteiger partial charge in [-0.2, -0.15) is 0 Å². The third-order valence-electron chi connectivity index (χ3n) is 4.18. The Morgan fingerprint density at radius 3 is 1.94 bits per heavy atom. The SMILES string of the molecule is COC(=O)[C@H](CO)NC(=O)[C@@H](CCC(=O)O)NC(=O)c1cc(OC)c(OC)c(OC)c1. The van der Waals surface area contributed by atoms with Crippen molar-refractivity contribution in [2.24, 2.45) is 0 Å². The largest absolute Gasteiger partial charge is 0.493 e. The molecular formula is C19H26N2O10. The average Bonchev–Trinajstić information content (AvgIpc) is 2.77. The molecule has 0 heterocycles. The lowest BCUT2D eigenvalue weighted by Crippen LogP contribution is -2.53. The number of aliphatic hydroxyl groups is 1. The Labute approximate surface area is 178 Å². The normalized spacial score (nSPS) is 12.2. The van der Waals surface area contributed by atoms with Gasteiger partial charge in [0.2, 0.25) is 11.7 Å². The van der Waals surface area contributed by atoms with Crippen LogP contribution in [-0.2, 0) is 19.1 Å². The number of carbonyl (C=O) groups is 4. The molecule has 0 aliphatic rings. The number of carbonyl (C=O) groups excluding carboxylic acids is 3. The molecule has 12 nitrogen and oxygen atoms in total. The van der Waals surface area contributed by atoms with Crippen LogP contribution >= 0.6 is 0 Å². The quantitative estimate of drug-likeness (QED) is 0.304. The minimum absolute atomic E-state index is 0.0503. The molecule has 0 fully saturated rings. The molecule has 0 aliphatic heterocycles. The molecule has 0 saturated carbocycles. The summed E-state index contributed by atoms with van der Waals surface area (Å²) >= 11 is 0. The van der Waals surface area contributed by atoms with Crippen LogP contribution in [0.15, 0.2) is 12.1 Å². The molecule has 0 unspecified atom stereocenters. The zero-order valence-electron chi connectivity index (χ0n) is 17.6. The number of aliphatic carboxylic acids is 1. The third-order valence-corrected chi connectivity index (χ3v) is 4.18. The predicted octanol–water partition coefficient (Wildman–Crippen LogP) is -0.674. The molecule has 2 atom stereocenters. The standard InChI is InChI=1S/C19H26N2O10/c1-28-13-7-10(8-14(29-2)16(13)30-3)17(25)20-11(5-6-15(23)24)18(26)21-12(9-22)19(27)31-4/h7-8,11-12,22H,5-6,9H2,1-4H3,(H,20,25)(H,21,26)(H,23,24)/t11-,12+/m1/s1. The topological polar surface area (TPSA) is 170 Å². The average molecular weight is 442 g/mol. The highest BCUT2D eigenvalue weighted by molar-refractivity contribution is 5.99. The van der Waals surface area contributed by atoms with Crippen molar-refractivity contribution in [1.29, 1.82) is 0 Å². The van der Waals surface area contributed by atoms with E-state index < -0.39 is 48.9 Å². The Morgan fingerprint density at radius 2 is 1.52 bits per heavy atom. The number of esters is 1.